The van der Waals surface area contributed by atoms with Crippen LogP contribution in [0.15, 0.2) is 30.3 Å². The second kappa shape index (κ2) is 6.55. The van der Waals surface area contributed by atoms with E-state index in [-0.39, 0.29) is 25.2 Å². The highest BCUT2D eigenvalue weighted by atomic mass is 35.5. The molecule has 1 saturated heterocycles. The molecule has 0 bridgehead atoms. The summed E-state index contributed by atoms with van der Waals surface area (Å²) in [5.41, 5.74) is 3.48. The first-order valence-electron chi connectivity index (χ1n) is 9.87. The van der Waals surface area contributed by atoms with Crippen molar-refractivity contribution in [2.75, 3.05) is 20.4 Å². The Morgan fingerprint density at radius 3 is 2.68 bits per heavy atom. The van der Waals surface area contributed by atoms with Crippen LogP contribution in [0.25, 0.3) is 10.9 Å². The number of likely N-dealkylation sites (N-methyl/N-ethyl adjacent to an activating group) is 1. The van der Waals surface area contributed by atoms with Gasteiger partial charge in [-0.1, -0.05) is 29.3 Å². The Hall–Kier alpha value is -2.90. The largest absolute Gasteiger partial charge is 0.454 e. The maximum atomic E-state index is 13.2. The van der Waals surface area contributed by atoms with Crippen molar-refractivity contribution in [3.63, 3.8) is 0 Å². The number of nitrogens with zero attached hydrogens (tertiary/aromatic N) is 2. The molecular weight excluding hydrogens is 441 g/mol. The van der Waals surface area contributed by atoms with Crippen molar-refractivity contribution in [3.8, 4) is 11.5 Å². The average molecular weight is 458 g/mol. The number of fused-ring (bicyclic) bond motifs is 5. The van der Waals surface area contributed by atoms with Crippen molar-refractivity contribution in [3.05, 3.63) is 57.2 Å². The van der Waals surface area contributed by atoms with Gasteiger partial charge in [0.2, 0.25) is 18.6 Å². The molecule has 0 unspecified atom stereocenters. The van der Waals surface area contributed by atoms with Crippen LogP contribution in [0, 0.1) is 0 Å². The van der Waals surface area contributed by atoms with Crippen LogP contribution in [0.4, 0.5) is 0 Å². The number of benzene rings is 2. The maximum Gasteiger partial charge on any atom is 0.245 e. The first-order valence-corrected chi connectivity index (χ1v) is 10.6. The zero-order valence-electron chi connectivity index (χ0n) is 16.4. The summed E-state index contributed by atoms with van der Waals surface area (Å²) < 4.78 is 11.0. The van der Waals surface area contributed by atoms with E-state index in [1.165, 1.54) is 4.90 Å². The normalized spacial score (nSPS) is 22.2. The number of piperazine rings is 1. The molecule has 7 nitrogen and oxygen atoms in total. The van der Waals surface area contributed by atoms with Gasteiger partial charge in [0.15, 0.2) is 11.5 Å². The quantitative estimate of drug-likeness (QED) is 0.606. The zero-order chi connectivity index (χ0) is 21.4. The summed E-state index contributed by atoms with van der Waals surface area (Å²) in [5, 5.41) is 1.79. The maximum absolute atomic E-state index is 13.2. The van der Waals surface area contributed by atoms with Crippen LogP contribution in [0.3, 0.4) is 0 Å². The minimum absolute atomic E-state index is 0.0452. The molecular formula is C22H17Cl2N3O4. The molecule has 3 aliphatic rings. The van der Waals surface area contributed by atoms with Gasteiger partial charge in [-0.05, 0) is 35.4 Å². The minimum atomic E-state index is -0.595. The van der Waals surface area contributed by atoms with Crippen molar-refractivity contribution in [1.82, 2.24) is 14.8 Å². The van der Waals surface area contributed by atoms with Gasteiger partial charge in [0.1, 0.15) is 6.04 Å². The molecule has 9 heteroatoms. The molecule has 1 N–H and O–H groups in total. The fourth-order valence-corrected chi connectivity index (χ4v) is 5.21. The van der Waals surface area contributed by atoms with Crippen LogP contribution in [0.1, 0.15) is 22.9 Å². The summed E-state index contributed by atoms with van der Waals surface area (Å²) in [6.07, 6.45) is 0.406. The van der Waals surface area contributed by atoms with Gasteiger partial charge in [0.25, 0.3) is 0 Å². The van der Waals surface area contributed by atoms with Crippen molar-refractivity contribution in [2.45, 2.75) is 18.5 Å². The smallest absolute Gasteiger partial charge is 0.245 e. The Kier molecular flexibility index (Phi) is 3.98. The number of nitrogens with one attached hydrogen (secondary N) is 1. The molecule has 6 rings (SSSR count). The van der Waals surface area contributed by atoms with Crippen molar-refractivity contribution in [2.24, 2.45) is 0 Å². The topological polar surface area (TPSA) is 74.9 Å². The van der Waals surface area contributed by atoms with Gasteiger partial charge >= 0.3 is 0 Å². The highest BCUT2D eigenvalue weighted by Crippen LogP contribution is 2.45. The van der Waals surface area contributed by atoms with E-state index in [0.29, 0.717) is 28.0 Å². The number of carbonyl (C=O) groups excluding carboxylic acids is 2. The van der Waals surface area contributed by atoms with E-state index in [1.807, 2.05) is 24.3 Å². The van der Waals surface area contributed by atoms with E-state index >= 15 is 0 Å². The Morgan fingerprint density at radius 2 is 1.84 bits per heavy atom. The predicted octanol–water partition coefficient (Wildman–Crippen LogP) is 3.52. The number of aromatic nitrogens is 1. The molecule has 0 radical (unpaired) electrons. The number of H-pyrrole nitrogens is 1. The Bertz CT molecular complexity index is 1290. The zero-order valence-corrected chi connectivity index (χ0v) is 18.0. The van der Waals surface area contributed by atoms with E-state index in [9.17, 15) is 9.59 Å². The van der Waals surface area contributed by atoms with Crippen molar-refractivity contribution in [1.29, 1.82) is 0 Å². The third-order valence-electron chi connectivity index (χ3n) is 6.30. The van der Waals surface area contributed by atoms with E-state index in [1.54, 1.807) is 18.0 Å². The molecule has 4 heterocycles. The first kappa shape index (κ1) is 18.8. The van der Waals surface area contributed by atoms with Gasteiger partial charge in [0, 0.05) is 30.1 Å². The van der Waals surface area contributed by atoms with Crippen LogP contribution >= 0.6 is 23.2 Å². The monoisotopic (exact) mass is 457 g/mol. The summed E-state index contributed by atoms with van der Waals surface area (Å²) in [6.45, 7) is 0.205. The average Bonchev–Trinajstić information content (AvgIpc) is 3.35. The Balaban J connectivity index is 1.60. The van der Waals surface area contributed by atoms with Gasteiger partial charge < -0.3 is 24.3 Å². The highest BCUT2D eigenvalue weighted by molar-refractivity contribution is 6.42. The lowest BCUT2D eigenvalue weighted by molar-refractivity contribution is -0.157. The number of aromatic amines is 1. The second-order valence-electron chi connectivity index (χ2n) is 8.06. The number of amides is 2. The summed E-state index contributed by atoms with van der Waals surface area (Å²) in [7, 11) is 1.66. The lowest BCUT2D eigenvalue weighted by Gasteiger charge is -2.46. The molecule has 2 aromatic carbocycles. The SMILES string of the molecule is CN1CC(=O)N2[C@H](c3ccc4c(c3)OCO4)c3[nH]c4cc(Cl)c(Cl)cc4c3C[C@@H]2C1=O. The van der Waals surface area contributed by atoms with Crippen LogP contribution in [0.5, 0.6) is 11.5 Å². The van der Waals surface area contributed by atoms with Crippen LogP contribution in [0.2, 0.25) is 10.0 Å². The second-order valence-corrected chi connectivity index (χ2v) is 8.87. The molecule has 1 aromatic heterocycles. The number of ether oxygens (including phenoxy) is 2. The van der Waals surface area contributed by atoms with Gasteiger partial charge in [-0.15, -0.1) is 0 Å². The molecule has 1 fully saturated rings. The van der Waals surface area contributed by atoms with Gasteiger partial charge in [-0.3, -0.25) is 9.59 Å². The standard InChI is InChI=1S/C22H17Cl2N3O4/c1-26-8-19(28)27-16(22(26)29)6-12-11-5-13(23)14(24)7-15(11)25-20(12)21(27)10-2-3-17-18(4-10)31-9-30-17/h2-5,7,16,21,25H,6,8-9H2,1H3/t16-,21-/m1/s1. The molecule has 2 atom stereocenters. The lowest BCUT2D eigenvalue weighted by atomic mass is 9.86. The minimum Gasteiger partial charge on any atom is -0.454 e. The number of carbonyl (C=O) groups is 2. The number of rotatable bonds is 1. The fourth-order valence-electron chi connectivity index (χ4n) is 4.88. The van der Waals surface area contributed by atoms with E-state index in [0.717, 1.165) is 27.7 Å². The van der Waals surface area contributed by atoms with Gasteiger partial charge in [-0.2, -0.15) is 0 Å². The predicted molar refractivity (Wildman–Crippen MR) is 115 cm³/mol. The number of hydrogen-bond donors (Lipinski definition) is 1. The third-order valence-corrected chi connectivity index (χ3v) is 7.02. The third kappa shape index (κ3) is 2.66. The van der Waals surface area contributed by atoms with Crippen LogP contribution < -0.4 is 9.47 Å². The fraction of sp³-hybridized carbons (Fsp3) is 0.273. The summed E-state index contributed by atoms with van der Waals surface area (Å²) >= 11 is 12.5. The molecule has 3 aromatic rings. The van der Waals surface area contributed by atoms with E-state index in [2.05, 4.69) is 4.98 Å². The summed E-state index contributed by atoms with van der Waals surface area (Å²) in [4.78, 5) is 32.9. The first-order chi connectivity index (χ1) is 14.9. The lowest BCUT2D eigenvalue weighted by Crippen LogP contribution is -2.62. The summed E-state index contributed by atoms with van der Waals surface area (Å²) in [5.74, 6) is 1.10. The van der Waals surface area contributed by atoms with Gasteiger partial charge in [-0.25, -0.2) is 0 Å². The van der Waals surface area contributed by atoms with Crippen LogP contribution in [-0.2, 0) is 16.0 Å². The van der Waals surface area contributed by atoms with E-state index in [4.69, 9.17) is 32.7 Å². The van der Waals surface area contributed by atoms with Crippen LogP contribution in [-0.4, -0.2) is 53.0 Å². The van der Waals surface area contributed by atoms with E-state index < -0.39 is 12.1 Å². The Morgan fingerprint density at radius 1 is 1.06 bits per heavy atom. The molecule has 2 amide bonds. The Labute approximate surface area is 187 Å². The molecule has 158 valence electrons. The highest BCUT2D eigenvalue weighted by Gasteiger charge is 2.47. The van der Waals surface area contributed by atoms with Crippen molar-refractivity contribution < 1.29 is 19.1 Å². The summed E-state index contributed by atoms with van der Waals surface area (Å²) in [6, 6.07) is 8.15. The molecule has 0 saturated carbocycles. The van der Waals surface area contributed by atoms with Gasteiger partial charge in [0.05, 0.1) is 22.6 Å². The number of halogens is 2. The number of hydrogen-bond acceptors (Lipinski definition) is 4. The molecule has 3 aliphatic heterocycles. The molecule has 0 aliphatic carbocycles. The van der Waals surface area contributed by atoms with Crippen molar-refractivity contribution >= 4 is 45.9 Å². The molecule has 0 spiro atoms. The molecule has 31 heavy (non-hydrogen) atoms.